The van der Waals surface area contributed by atoms with Gasteiger partial charge in [0.2, 0.25) is 11.8 Å². The zero-order chi connectivity index (χ0) is 23.7. The molecule has 0 spiro atoms. The Morgan fingerprint density at radius 1 is 1.06 bits per heavy atom. The van der Waals surface area contributed by atoms with Crippen LogP contribution in [0.2, 0.25) is 20.1 Å². The van der Waals surface area contributed by atoms with E-state index >= 15 is 0 Å². The van der Waals surface area contributed by atoms with E-state index in [0.717, 1.165) is 18.4 Å². The third-order valence-corrected chi connectivity index (χ3v) is 7.15. The van der Waals surface area contributed by atoms with Crippen LogP contribution in [0.1, 0.15) is 37.8 Å². The summed E-state index contributed by atoms with van der Waals surface area (Å²) in [5.74, 6) is 0.322. The Hall–Kier alpha value is -1.11. The van der Waals surface area contributed by atoms with Gasteiger partial charge >= 0.3 is 0 Å². The third-order valence-electron chi connectivity index (χ3n) is 4.89. The highest BCUT2D eigenvalue weighted by atomic mass is 35.5. The third kappa shape index (κ3) is 8.03. The first-order valence-electron chi connectivity index (χ1n) is 10.3. The van der Waals surface area contributed by atoms with Gasteiger partial charge in [-0.25, -0.2) is 0 Å². The molecule has 2 aromatic rings. The van der Waals surface area contributed by atoms with Gasteiger partial charge in [0.1, 0.15) is 6.04 Å². The van der Waals surface area contributed by atoms with Crippen molar-refractivity contribution in [2.45, 2.75) is 45.0 Å². The number of benzene rings is 2. The molecule has 1 atom stereocenters. The number of unbranched alkanes of at least 4 members (excludes halogenated alkanes) is 1. The predicted molar refractivity (Wildman–Crippen MR) is 137 cm³/mol. The van der Waals surface area contributed by atoms with Crippen molar-refractivity contribution in [3.63, 3.8) is 0 Å². The maximum absolute atomic E-state index is 13.2. The predicted octanol–water partition coefficient (Wildman–Crippen LogP) is 6.87. The lowest BCUT2D eigenvalue weighted by atomic mass is 10.1. The molecule has 0 bridgehead atoms. The lowest BCUT2D eigenvalue weighted by Gasteiger charge is -2.29. The zero-order valence-corrected chi connectivity index (χ0v) is 21.8. The number of halogens is 4. The van der Waals surface area contributed by atoms with E-state index in [9.17, 15) is 9.59 Å². The van der Waals surface area contributed by atoms with Crippen LogP contribution in [0.4, 0.5) is 0 Å². The molecular formula is C23H26Cl4N2O2S. The number of nitrogens with one attached hydrogen (secondary N) is 1. The van der Waals surface area contributed by atoms with Crippen LogP contribution in [-0.2, 0) is 21.9 Å². The van der Waals surface area contributed by atoms with Crippen LogP contribution in [0.3, 0.4) is 0 Å². The van der Waals surface area contributed by atoms with Gasteiger partial charge in [-0.15, -0.1) is 11.8 Å². The minimum absolute atomic E-state index is 0.141. The molecule has 0 heterocycles. The summed E-state index contributed by atoms with van der Waals surface area (Å²) in [5, 5.41) is 4.92. The molecule has 4 nitrogen and oxygen atoms in total. The minimum Gasteiger partial charge on any atom is -0.354 e. The van der Waals surface area contributed by atoms with Gasteiger partial charge in [0.25, 0.3) is 0 Å². The van der Waals surface area contributed by atoms with Gasteiger partial charge < -0.3 is 10.2 Å². The fraction of sp³-hybridized carbons (Fsp3) is 0.391. The second-order valence-electron chi connectivity index (χ2n) is 7.27. The average Bonchev–Trinajstić information content (AvgIpc) is 2.74. The molecule has 2 aromatic carbocycles. The highest BCUT2D eigenvalue weighted by Crippen LogP contribution is 2.28. The van der Waals surface area contributed by atoms with Gasteiger partial charge in [-0.2, -0.15) is 0 Å². The van der Waals surface area contributed by atoms with Crippen molar-refractivity contribution in [1.29, 1.82) is 0 Å². The first-order valence-corrected chi connectivity index (χ1v) is 12.9. The molecule has 0 aliphatic carbocycles. The molecule has 0 saturated heterocycles. The SMILES string of the molecule is CCCCNC(=O)[C@@H](C)N(Cc1c(Cl)cccc1Cl)C(=O)CSCc1ccc(Cl)cc1Cl. The second-order valence-corrected chi connectivity index (χ2v) is 9.91. The van der Waals surface area contributed by atoms with Crippen molar-refractivity contribution in [2.75, 3.05) is 12.3 Å². The van der Waals surface area contributed by atoms with E-state index in [2.05, 4.69) is 12.2 Å². The van der Waals surface area contributed by atoms with Crippen LogP contribution in [-0.4, -0.2) is 35.1 Å². The van der Waals surface area contributed by atoms with Gasteiger partial charge in [0.05, 0.1) is 5.75 Å². The van der Waals surface area contributed by atoms with Crippen LogP contribution in [0.5, 0.6) is 0 Å². The molecule has 9 heteroatoms. The fourth-order valence-corrected chi connectivity index (χ4v) is 4.93. The number of rotatable bonds is 11. The van der Waals surface area contributed by atoms with Gasteiger partial charge in [-0.3, -0.25) is 9.59 Å². The summed E-state index contributed by atoms with van der Waals surface area (Å²) in [4.78, 5) is 27.4. The number of nitrogens with zero attached hydrogens (tertiary/aromatic N) is 1. The minimum atomic E-state index is -0.675. The standard InChI is InChI=1S/C23H26Cl4N2O2S/c1-3-4-10-28-23(31)15(2)29(12-18-19(25)6-5-7-20(18)26)22(30)14-32-13-16-8-9-17(24)11-21(16)27/h5-9,11,15H,3-4,10,12-14H2,1-2H3,(H,28,31)/t15-/m1/s1. The van der Waals surface area contributed by atoms with Gasteiger partial charge in [-0.05, 0) is 43.2 Å². The second kappa shape index (κ2) is 13.6. The van der Waals surface area contributed by atoms with Crippen LogP contribution < -0.4 is 5.32 Å². The summed E-state index contributed by atoms with van der Waals surface area (Å²) < 4.78 is 0. The molecule has 2 amide bonds. The summed E-state index contributed by atoms with van der Waals surface area (Å²) >= 11 is 26.2. The van der Waals surface area contributed by atoms with Crippen molar-refractivity contribution in [3.05, 3.63) is 67.6 Å². The summed E-state index contributed by atoms with van der Waals surface area (Å²) in [6.07, 6.45) is 1.84. The van der Waals surface area contributed by atoms with Crippen LogP contribution in [0.15, 0.2) is 36.4 Å². The fourth-order valence-electron chi connectivity index (χ4n) is 2.94. The Morgan fingerprint density at radius 3 is 2.38 bits per heavy atom. The monoisotopic (exact) mass is 534 g/mol. The van der Waals surface area contributed by atoms with Gasteiger partial charge in [0, 0.05) is 44.5 Å². The normalized spacial score (nSPS) is 11.8. The first kappa shape index (κ1) is 27.1. The maximum Gasteiger partial charge on any atom is 0.242 e. The van der Waals surface area contributed by atoms with Crippen LogP contribution >= 0.6 is 58.2 Å². The molecule has 2 rings (SSSR count). The maximum atomic E-state index is 13.2. The summed E-state index contributed by atoms with van der Waals surface area (Å²) in [6, 6.07) is 9.78. The highest BCUT2D eigenvalue weighted by molar-refractivity contribution is 7.99. The number of amides is 2. The van der Waals surface area contributed by atoms with Crippen molar-refractivity contribution >= 4 is 70.0 Å². The number of hydrogen-bond acceptors (Lipinski definition) is 3. The highest BCUT2D eigenvalue weighted by Gasteiger charge is 2.27. The summed E-state index contributed by atoms with van der Waals surface area (Å²) in [5.41, 5.74) is 1.50. The number of carbonyl (C=O) groups excluding carboxylic acids is 2. The Labute approximate surface area is 213 Å². The molecule has 1 N–H and O–H groups in total. The number of carbonyl (C=O) groups is 2. The van der Waals surface area contributed by atoms with E-state index < -0.39 is 6.04 Å². The largest absolute Gasteiger partial charge is 0.354 e. The van der Waals surface area contributed by atoms with E-state index in [-0.39, 0.29) is 24.1 Å². The molecule has 0 fully saturated rings. The number of thioether (sulfide) groups is 1. The summed E-state index contributed by atoms with van der Waals surface area (Å²) in [6.45, 7) is 4.47. The Balaban J connectivity index is 2.13. The molecule has 0 unspecified atom stereocenters. The quantitative estimate of drug-likeness (QED) is 0.319. The lowest BCUT2D eigenvalue weighted by Crippen LogP contribution is -2.48. The number of hydrogen-bond donors (Lipinski definition) is 1. The summed E-state index contributed by atoms with van der Waals surface area (Å²) in [7, 11) is 0. The Bertz CT molecular complexity index is 922. The average molecular weight is 536 g/mol. The van der Waals surface area contributed by atoms with Crippen LogP contribution in [0.25, 0.3) is 0 Å². The molecule has 0 saturated carbocycles. The molecule has 174 valence electrons. The van der Waals surface area contributed by atoms with Crippen molar-refractivity contribution in [2.24, 2.45) is 0 Å². The molecule has 0 aliphatic rings. The van der Waals surface area contributed by atoms with E-state index in [1.807, 2.05) is 6.07 Å². The smallest absolute Gasteiger partial charge is 0.242 e. The Morgan fingerprint density at radius 2 is 1.75 bits per heavy atom. The molecule has 32 heavy (non-hydrogen) atoms. The van der Waals surface area contributed by atoms with Crippen LogP contribution in [0, 0.1) is 0 Å². The molecule has 0 aromatic heterocycles. The zero-order valence-electron chi connectivity index (χ0n) is 18.0. The van der Waals surface area contributed by atoms with Gasteiger partial charge in [-0.1, -0.05) is 71.9 Å². The van der Waals surface area contributed by atoms with Gasteiger partial charge in [0.15, 0.2) is 0 Å². The molecule has 0 aliphatic heterocycles. The van der Waals surface area contributed by atoms with E-state index in [0.29, 0.717) is 38.0 Å². The Kier molecular flexibility index (Phi) is 11.5. The van der Waals surface area contributed by atoms with E-state index in [4.69, 9.17) is 46.4 Å². The van der Waals surface area contributed by atoms with Crippen molar-refractivity contribution < 1.29 is 9.59 Å². The molecule has 0 radical (unpaired) electrons. The van der Waals surface area contributed by atoms with E-state index in [1.165, 1.54) is 16.7 Å². The van der Waals surface area contributed by atoms with Crippen molar-refractivity contribution in [3.8, 4) is 0 Å². The lowest BCUT2D eigenvalue weighted by molar-refractivity contribution is -0.138. The van der Waals surface area contributed by atoms with Crippen molar-refractivity contribution in [1.82, 2.24) is 10.2 Å². The van der Waals surface area contributed by atoms with E-state index in [1.54, 1.807) is 37.3 Å². The topological polar surface area (TPSA) is 49.4 Å². The molecular weight excluding hydrogens is 510 g/mol. The first-order chi connectivity index (χ1) is 15.2.